The van der Waals surface area contributed by atoms with E-state index in [0.717, 1.165) is 21.3 Å². The highest BCUT2D eigenvalue weighted by atomic mass is 32.1. The number of carbonyl (C=O) groups excluding carboxylic acids is 1. The van der Waals surface area contributed by atoms with Crippen molar-refractivity contribution in [2.75, 3.05) is 5.73 Å². The first kappa shape index (κ1) is 23.3. The van der Waals surface area contributed by atoms with Crippen LogP contribution in [0, 0.1) is 0 Å². The number of carbonyl (C=O) groups is 1. The molecule has 0 aliphatic carbocycles. The zero-order chi connectivity index (χ0) is 24.9. The zero-order valence-electron chi connectivity index (χ0n) is 19.5. The molecule has 5 aromatic rings. The Morgan fingerprint density at radius 3 is 2.67 bits per heavy atom. The summed E-state index contributed by atoms with van der Waals surface area (Å²) in [4.78, 5) is 26.2. The third kappa shape index (κ3) is 5.26. The number of anilines is 1. The molecule has 0 fully saturated rings. The van der Waals surface area contributed by atoms with E-state index < -0.39 is 6.04 Å². The Hall–Kier alpha value is -4.50. The van der Waals surface area contributed by atoms with Gasteiger partial charge in [-0.25, -0.2) is 15.0 Å². The lowest BCUT2D eigenvalue weighted by atomic mass is 10.1. The lowest BCUT2D eigenvalue weighted by molar-refractivity contribution is 0.0951. The Labute approximate surface area is 212 Å². The number of benzene rings is 3. The second-order valence-corrected chi connectivity index (χ2v) is 9.14. The van der Waals surface area contributed by atoms with Crippen molar-refractivity contribution < 1.29 is 4.79 Å². The van der Waals surface area contributed by atoms with Gasteiger partial charge in [0.05, 0.1) is 22.1 Å². The van der Waals surface area contributed by atoms with E-state index in [1.165, 1.54) is 11.3 Å². The zero-order valence-corrected chi connectivity index (χ0v) is 20.3. The van der Waals surface area contributed by atoms with Crippen molar-refractivity contribution in [2.24, 2.45) is 10.2 Å². The molecule has 3 N–H and O–H groups in total. The molecule has 5 rings (SSSR count). The van der Waals surface area contributed by atoms with E-state index in [4.69, 9.17) is 10.7 Å². The Balaban J connectivity index is 1.33. The van der Waals surface area contributed by atoms with Crippen LogP contribution in [0.25, 0.3) is 21.5 Å². The topological polar surface area (TPSA) is 119 Å². The maximum atomic E-state index is 12.7. The third-order valence-corrected chi connectivity index (χ3v) is 6.46. The van der Waals surface area contributed by atoms with Gasteiger partial charge in [-0.15, -0.1) is 5.11 Å². The largest absolute Gasteiger partial charge is 0.382 e. The van der Waals surface area contributed by atoms with Gasteiger partial charge in [0.2, 0.25) is 5.13 Å². The number of nitrogen functional groups attached to an aromatic ring is 1. The van der Waals surface area contributed by atoms with Gasteiger partial charge in [0, 0.05) is 17.7 Å². The second-order valence-electron chi connectivity index (χ2n) is 8.13. The van der Waals surface area contributed by atoms with E-state index in [1.807, 2.05) is 73.7 Å². The molecule has 178 valence electrons. The van der Waals surface area contributed by atoms with Gasteiger partial charge in [0.15, 0.2) is 0 Å². The summed E-state index contributed by atoms with van der Waals surface area (Å²) in [7, 11) is 0. The first-order valence-corrected chi connectivity index (χ1v) is 12.2. The molecule has 0 radical (unpaired) electrons. The number of nitrogens with zero attached hydrogens (tertiary/aromatic N) is 5. The number of nitrogens with one attached hydrogen (secondary N) is 1. The van der Waals surface area contributed by atoms with Gasteiger partial charge < -0.3 is 11.1 Å². The smallest absolute Gasteiger partial charge is 0.251 e. The maximum absolute atomic E-state index is 12.7. The molecule has 9 heteroatoms. The molecule has 1 atom stereocenters. The predicted molar refractivity (Wildman–Crippen MR) is 142 cm³/mol. The minimum absolute atomic E-state index is 0.165. The molecule has 0 saturated heterocycles. The Kier molecular flexibility index (Phi) is 6.72. The minimum atomic E-state index is -0.429. The number of hydrogen-bond donors (Lipinski definition) is 2. The van der Waals surface area contributed by atoms with Crippen molar-refractivity contribution in [3.8, 4) is 11.3 Å². The standard InChI is InChI=1S/C27H23N7OS/c1-17(33-34-27-32-21-12-5-6-13-23(21)36-27)24-25(28)29-16-22(31-24)19-10-7-11-20(14-19)26(35)30-15-18-8-3-2-4-9-18/h2-14,16-17H,15H2,1H3,(H2,28,29)(H,30,35). The average molecular weight is 494 g/mol. The van der Waals surface area contributed by atoms with Crippen molar-refractivity contribution in [3.05, 3.63) is 102 Å². The molecule has 2 aromatic heterocycles. The first-order valence-electron chi connectivity index (χ1n) is 11.4. The number of para-hydroxylation sites is 1. The highest BCUT2D eigenvalue weighted by molar-refractivity contribution is 7.21. The lowest BCUT2D eigenvalue weighted by Crippen LogP contribution is -2.22. The van der Waals surface area contributed by atoms with E-state index in [0.29, 0.717) is 28.6 Å². The van der Waals surface area contributed by atoms with E-state index in [1.54, 1.807) is 18.3 Å². The highest BCUT2D eigenvalue weighted by Gasteiger charge is 2.15. The molecule has 1 unspecified atom stereocenters. The number of aromatic nitrogens is 3. The van der Waals surface area contributed by atoms with Crippen LogP contribution in [0.2, 0.25) is 0 Å². The minimum Gasteiger partial charge on any atom is -0.382 e. The van der Waals surface area contributed by atoms with E-state index in [2.05, 4.69) is 25.5 Å². The summed E-state index contributed by atoms with van der Waals surface area (Å²) in [5.74, 6) is 0.119. The van der Waals surface area contributed by atoms with Gasteiger partial charge in [-0.2, -0.15) is 5.11 Å². The summed E-state index contributed by atoms with van der Waals surface area (Å²) in [6, 6.07) is 24.4. The summed E-state index contributed by atoms with van der Waals surface area (Å²) in [5, 5.41) is 12.2. The van der Waals surface area contributed by atoms with Crippen LogP contribution >= 0.6 is 11.3 Å². The fraction of sp³-hybridized carbons (Fsp3) is 0.111. The van der Waals surface area contributed by atoms with Crippen molar-refractivity contribution in [1.82, 2.24) is 20.3 Å². The van der Waals surface area contributed by atoms with Gasteiger partial charge in [-0.05, 0) is 36.8 Å². The van der Waals surface area contributed by atoms with E-state index in [9.17, 15) is 4.79 Å². The number of azo groups is 1. The van der Waals surface area contributed by atoms with Crippen LogP contribution in [0.4, 0.5) is 10.9 Å². The van der Waals surface area contributed by atoms with Gasteiger partial charge >= 0.3 is 0 Å². The van der Waals surface area contributed by atoms with Crippen LogP contribution in [-0.2, 0) is 6.54 Å². The molecular formula is C27H23N7OS. The van der Waals surface area contributed by atoms with Gasteiger partial charge in [-0.3, -0.25) is 4.79 Å². The van der Waals surface area contributed by atoms with Gasteiger partial charge in [0.1, 0.15) is 17.6 Å². The molecule has 0 bridgehead atoms. The molecule has 3 aromatic carbocycles. The molecule has 0 aliphatic rings. The summed E-state index contributed by atoms with van der Waals surface area (Å²) < 4.78 is 1.05. The van der Waals surface area contributed by atoms with Crippen LogP contribution in [0.5, 0.6) is 0 Å². The quantitative estimate of drug-likeness (QED) is 0.265. The van der Waals surface area contributed by atoms with Crippen molar-refractivity contribution in [3.63, 3.8) is 0 Å². The van der Waals surface area contributed by atoms with Crippen LogP contribution in [0.1, 0.15) is 34.6 Å². The van der Waals surface area contributed by atoms with Gasteiger partial charge in [0.25, 0.3) is 5.91 Å². The first-order chi connectivity index (χ1) is 17.6. The molecule has 2 heterocycles. The third-order valence-electron chi connectivity index (χ3n) is 5.54. The second kappa shape index (κ2) is 10.4. The average Bonchev–Trinajstić information content (AvgIpc) is 3.34. The monoisotopic (exact) mass is 493 g/mol. The number of nitrogens with two attached hydrogens (primary N) is 1. The number of rotatable bonds is 7. The fourth-order valence-corrected chi connectivity index (χ4v) is 4.45. The predicted octanol–water partition coefficient (Wildman–Crippen LogP) is 6.11. The maximum Gasteiger partial charge on any atom is 0.251 e. The lowest BCUT2D eigenvalue weighted by Gasteiger charge is -2.11. The molecule has 36 heavy (non-hydrogen) atoms. The molecule has 0 aliphatic heterocycles. The van der Waals surface area contributed by atoms with Crippen LogP contribution in [0.3, 0.4) is 0 Å². The Morgan fingerprint density at radius 1 is 1.03 bits per heavy atom. The fourth-order valence-electron chi connectivity index (χ4n) is 3.65. The summed E-state index contributed by atoms with van der Waals surface area (Å²) in [6.07, 6.45) is 1.59. The number of fused-ring (bicyclic) bond motifs is 1. The molecule has 0 spiro atoms. The molecular weight excluding hydrogens is 470 g/mol. The Morgan fingerprint density at radius 2 is 1.83 bits per heavy atom. The van der Waals surface area contributed by atoms with E-state index in [-0.39, 0.29) is 11.7 Å². The SMILES string of the molecule is CC(N=Nc1nc2ccccc2s1)c1nc(-c2cccc(C(=O)NCc3ccccc3)c2)cnc1N. The van der Waals surface area contributed by atoms with E-state index >= 15 is 0 Å². The Bertz CT molecular complexity index is 1520. The molecule has 1 amide bonds. The summed E-state index contributed by atoms with van der Waals surface area (Å²) in [6.45, 7) is 2.31. The normalized spacial score (nSPS) is 12.1. The van der Waals surface area contributed by atoms with Crippen LogP contribution in [0.15, 0.2) is 95.3 Å². The van der Waals surface area contributed by atoms with Crippen molar-refractivity contribution >= 4 is 38.4 Å². The van der Waals surface area contributed by atoms with Crippen molar-refractivity contribution in [2.45, 2.75) is 19.5 Å². The van der Waals surface area contributed by atoms with Gasteiger partial charge in [-0.1, -0.05) is 65.9 Å². The number of thiazole rings is 1. The number of hydrogen-bond acceptors (Lipinski definition) is 8. The van der Waals surface area contributed by atoms with Crippen LogP contribution in [-0.4, -0.2) is 20.9 Å². The summed E-state index contributed by atoms with van der Waals surface area (Å²) >= 11 is 1.47. The number of amides is 1. The van der Waals surface area contributed by atoms with Crippen molar-refractivity contribution in [1.29, 1.82) is 0 Å². The highest BCUT2D eigenvalue weighted by Crippen LogP contribution is 2.30. The molecule has 0 saturated carbocycles. The summed E-state index contributed by atoms with van der Waals surface area (Å²) in [5.41, 5.74) is 10.4. The van der Waals surface area contributed by atoms with Crippen LogP contribution < -0.4 is 11.1 Å². The molecule has 8 nitrogen and oxygen atoms in total.